The maximum absolute atomic E-state index is 11.7. The molecule has 0 bridgehead atoms. The number of benzene rings is 2. The minimum Gasteiger partial charge on any atom is -0.484 e. The summed E-state index contributed by atoms with van der Waals surface area (Å²) in [5.74, 6) is 0.285. The molecular formula is C17H16Cl2N2O2. The monoisotopic (exact) mass is 350 g/mol. The van der Waals surface area contributed by atoms with Crippen molar-refractivity contribution in [1.29, 1.82) is 0 Å². The molecule has 0 aromatic heterocycles. The Kier molecular flexibility index (Phi) is 6.44. The molecule has 0 heterocycles. The Morgan fingerprint density at radius 2 is 1.96 bits per heavy atom. The topological polar surface area (TPSA) is 50.7 Å². The Morgan fingerprint density at radius 3 is 2.61 bits per heavy atom. The number of halogens is 2. The molecule has 0 aliphatic rings. The largest absolute Gasteiger partial charge is 0.484 e. The van der Waals surface area contributed by atoms with Crippen molar-refractivity contribution in [3.8, 4) is 5.75 Å². The van der Waals surface area contributed by atoms with Crippen LogP contribution in [0.4, 0.5) is 0 Å². The molecule has 0 saturated heterocycles. The van der Waals surface area contributed by atoms with E-state index >= 15 is 0 Å². The molecule has 1 N–H and O–H groups in total. The molecule has 6 heteroatoms. The Balaban J connectivity index is 1.81. The number of hydrogen-bond acceptors (Lipinski definition) is 3. The third-order valence-electron chi connectivity index (χ3n) is 3.06. The molecule has 1 amide bonds. The standard InChI is InChI=1S/C17H16Cl2N2O2/c1-2-12-3-7-15(8-4-12)23-11-17(22)21-20-10-13-5-6-14(18)9-16(13)19/h3-10H,2,11H2,1H3,(H,21,22)/b20-10-. The molecule has 23 heavy (non-hydrogen) atoms. The van der Waals surface area contributed by atoms with Crippen molar-refractivity contribution >= 4 is 35.3 Å². The van der Waals surface area contributed by atoms with Gasteiger partial charge in [-0.1, -0.05) is 48.3 Å². The molecule has 2 rings (SSSR count). The molecule has 0 atom stereocenters. The van der Waals surface area contributed by atoms with Gasteiger partial charge in [-0.25, -0.2) is 5.43 Å². The van der Waals surface area contributed by atoms with E-state index in [0.717, 1.165) is 6.42 Å². The number of hydrazone groups is 1. The lowest BCUT2D eigenvalue weighted by Gasteiger charge is -2.05. The highest BCUT2D eigenvalue weighted by atomic mass is 35.5. The van der Waals surface area contributed by atoms with Gasteiger partial charge in [0.2, 0.25) is 0 Å². The molecule has 4 nitrogen and oxygen atoms in total. The van der Waals surface area contributed by atoms with E-state index in [-0.39, 0.29) is 12.5 Å². The first-order chi connectivity index (χ1) is 11.1. The lowest BCUT2D eigenvalue weighted by atomic mass is 10.2. The van der Waals surface area contributed by atoms with E-state index in [9.17, 15) is 4.79 Å². The zero-order chi connectivity index (χ0) is 16.7. The number of nitrogens with zero attached hydrogens (tertiary/aromatic N) is 1. The van der Waals surface area contributed by atoms with Crippen molar-refractivity contribution in [2.75, 3.05) is 6.61 Å². The van der Waals surface area contributed by atoms with E-state index in [2.05, 4.69) is 17.5 Å². The van der Waals surface area contributed by atoms with Crippen LogP contribution in [0.2, 0.25) is 10.0 Å². The fourth-order valence-electron chi connectivity index (χ4n) is 1.78. The van der Waals surface area contributed by atoms with Crippen molar-refractivity contribution < 1.29 is 9.53 Å². The number of rotatable bonds is 6. The van der Waals surface area contributed by atoms with Crippen LogP contribution >= 0.6 is 23.2 Å². The van der Waals surface area contributed by atoms with Crippen LogP contribution in [0.25, 0.3) is 0 Å². The zero-order valence-corrected chi connectivity index (χ0v) is 14.1. The van der Waals surface area contributed by atoms with Crippen molar-refractivity contribution in [1.82, 2.24) is 5.43 Å². The second kappa shape index (κ2) is 8.56. The quantitative estimate of drug-likeness (QED) is 0.630. The van der Waals surface area contributed by atoms with Crippen LogP contribution in [0, 0.1) is 0 Å². The number of hydrogen-bond donors (Lipinski definition) is 1. The second-order valence-corrected chi connectivity index (χ2v) is 5.59. The van der Waals surface area contributed by atoms with Gasteiger partial charge >= 0.3 is 0 Å². The number of ether oxygens (including phenoxy) is 1. The van der Waals surface area contributed by atoms with E-state index < -0.39 is 0 Å². The van der Waals surface area contributed by atoms with E-state index in [4.69, 9.17) is 27.9 Å². The zero-order valence-electron chi connectivity index (χ0n) is 12.6. The van der Waals surface area contributed by atoms with E-state index in [1.807, 2.05) is 24.3 Å². The van der Waals surface area contributed by atoms with Crippen LogP contribution < -0.4 is 10.2 Å². The molecule has 0 fully saturated rings. The van der Waals surface area contributed by atoms with Gasteiger partial charge in [0, 0.05) is 10.6 Å². The fourth-order valence-corrected chi connectivity index (χ4v) is 2.24. The smallest absolute Gasteiger partial charge is 0.277 e. The van der Waals surface area contributed by atoms with Gasteiger partial charge in [0.15, 0.2) is 6.61 Å². The first-order valence-electron chi connectivity index (χ1n) is 7.07. The Labute approximate surface area is 145 Å². The third-order valence-corrected chi connectivity index (χ3v) is 3.62. The summed E-state index contributed by atoms with van der Waals surface area (Å²) in [6.07, 6.45) is 2.41. The molecule has 2 aromatic rings. The lowest BCUT2D eigenvalue weighted by Crippen LogP contribution is -2.24. The predicted octanol–water partition coefficient (Wildman–Crippen LogP) is 4.08. The summed E-state index contributed by atoms with van der Waals surface area (Å²) in [7, 11) is 0. The Hall–Kier alpha value is -2.04. The summed E-state index contributed by atoms with van der Waals surface area (Å²) in [6.45, 7) is 1.96. The van der Waals surface area contributed by atoms with Crippen LogP contribution in [-0.4, -0.2) is 18.7 Å². The van der Waals surface area contributed by atoms with Gasteiger partial charge in [-0.15, -0.1) is 0 Å². The second-order valence-electron chi connectivity index (χ2n) is 4.75. The highest BCUT2D eigenvalue weighted by Gasteiger charge is 2.02. The van der Waals surface area contributed by atoms with Crippen molar-refractivity contribution in [3.05, 3.63) is 63.6 Å². The van der Waals surface area contributed by atoms with Crippen LogP contribution in [-0.2, 0) is 11.2 Å². The normalized spacial score (nSPS) is 10.7. The summed E-state index contributed by atoms with van der Waals surface area (Å²) in [4.78, 5) is 11.7. The van der Waals surface area contributed by atoms with E-state index in [1.165, 1.54) is 11.8 Å². The number of nitrogens with one attached hydrogen (secondary N) is 1. The predicted molar refractivity (Wildman–Crippen MR) is 93.5 cm³/mol. The van der Waals surface area contributed by atoms with Crippen LogP contribution in [0.3, 0.4) is 0 Å². The van der Waals surface area contributed by atoms with E-state index in [1.54, 1.807) is 18.2 Å². The molecule has 0 aliphatic carbocycles. The van der Waals surface area contributed by atoms with Gasteiger partial charge in [-0.2, -0.15) is 5.10 Å². The van der Waals surface area contributed by atoms with Gasteiger partial charge in [0.1, 0.15) is 5.75 Å². The van der Waals surface area contributed by atoms with Gasteiger partial charge in [-0.3, -0.25) is 4.79 Å². The number of amides is 1. The maximum Gasteiger partial charge on any atom is 0.277 e. The molecule has 0 spiro atoms. The van der Waals surface area contributed by atoms with Crippen molar-refractivity contribution in [2.45, 2.75) is 13.3 Å². The highest BCUT2D eigenvalue weighted by Crippen LogP contribution is 2.19. The lowest BCUT2D eigenvalue weighted by molar-refractivity contribution is -0.123. The van der Waals surface area contributed by atoms with Gasteiger partial charge < -0.3 is 4.74 Å². The summed E-state index contributed by atoms with van der Waals surface area (Å²) in [5, 5.41) is 4.84. The number of carbonyl (C=O) groups is 1. The highest BCUT2D eigenvalue weighted by molar-refractivity contribution is 6.36. The Bertz CT molecular complexity index is 700. The maximum atomic E-state index is 11.7. The molecule has 0 saturated carbocycles. The number of carbonyl (C=O) groups excluding carboxylic acids is 1. The average Bonchev–Trinajstić information content (AvgIpc) is 2.55. The van der Waals surface area contributed by atoms with Crippen molar-refractivity contribution in [3.63, 3.8) is 0 Å². The van der Waals surface area contributed by atoms with Crippen LogP contribution in [0.1, 0.15) is 18.1 Å². The minimum absolute atomic E-state index is 0.114. The minimum atomic E-state index is -0.356. The molecule has 0 unspecified atom stereocenters. The van der Waals surface area contributed by atoms with E-state index in [0.29, 0.717) is 21.4 Å². The number of aryl methyl sites for hydroxylation is 1. The summed E-state index contributed by atoms with van der Waals surface area (Å²) in [6, 6.07) is 12.6. The first-order valence-corrected chi connectivity index (χ1v) is 7.82. The molecule has 0 radical (unpaired) electrons. The van der Waals surface area contributed by atoms with Gasteiger partial charge in [-0.05, 0) is 36.2 Å². The molecule has 0 aliphatic heterocycles. The average molecular weight is 351 g/mol. The molecular weight excluding hydrogens is 335 g/mol. The van der Waals surface area contributed by atoms with Crippen LogP contribution in [0.15, 0.2) is 47.6 Å². The summed E-state index contributed by atoms with van der Waals surface area (Å²) >= 11 is 11.8. The first kappa shape index (κ1) is 17.3. The Morgan fingerprint density at radius 1 is 1.22 bits per heavy atom. The van der Waals surface area contributed by atoms with Gasteiger partial charge in [0.05, 0.1) is 11.2 Å². The van der Waals surface area contributed by atoms with Crippen molar-refractivity contribution in [2.24, 2.45) is 5.10 Å². The third kappa shape index (κ3) is 5.58. The summed E-state index contributed by atoms with van der Waals surface area (Å²) in [5.41, 5.74) is 4.25. The summed E-state index contributed by atoms with van der Waals surface area (Å²) < 4.78 is 5.38. The van der Waals surface area contributed by atoms with Crippen LogP contribution in [0.5, 0.6) is 5.75 Å². The molecule has 120 valence electrons. The fraction of sp³-hybridized carbons (Fsp3) is 0.176. The SMILES string of the molecule is CCc1ccc(OCC(=O)N/N=C\c2ccc(Cl)cc2Cl)cc1. The molecule has 2 aromatic carbocycles. The van der Waals surface area contributed by atoms with Gasteiger partial charge in [0.25, 0.3) is 5.91 Å².